The third-order valence-electron chi connectivity index (χ3n) is 3.26. The lowest BCUT2D eigenvalue weighted by molar-refractivity contribution is 0.412. The van der Waals surface area contributed by atoms with E-state index in [4.69, 9.17) is 4.74 Å². The lowest BCUT2D eigenvalue weighted by atomic mass is 10.1. The molecule has 0 fully saturated rings. The van der Waals surface area contributed by atoms with Gasteiger partial charge in [-0.1, -0.05) is 29.7 Å². The Morgan fingerprint density at radius 3 is 1.54 bits per heavy atom. The van der Waals surface area contributed by atoms with Crippen molar-refractivity contribution < 1.29 is 4.74 Å². The first-order valence-corrected chi connectivity index (χ1v) is 7.38. The number of ether oxygens (including phenoxy) is 1. The number of pyridine rings is 2. The second-order valence-electron chi connectivity index (χ2n) is 4.86. The average Bonchev–Trinajstić information content (AvgIpc) is 2.66. The average molecular weight is 310 g/mol. The Morgan fingerprint density at radius 2 is 1.12 bits per heavy atom. The lowest BCUT2D eigenvalue weighted by Gasteiger charge is -2.05. The zero-order valence-electron chi connectivity index (χ0n) is 13.2. The lowest BCUT2D eigenvalue weighted by Crippen LogP contribution is -1.92. The fraction of sp³-hybridized carbons (Fsp3) is 0.0476. The molecule has 0 radical (unpaired) electrons. The summed E-state index contributed by atoms with van der Waals surface area (Å²) in [6, 6.07) is 13.2. The summed E-state index contributed by atoms with van der Waals surface area (Å²) in [6.45, 7) is 0. The molecule has 0 atom stereocenters. The van der Waals surface area contributed by atoms with Crippen molar-refractivity contribution in [1.29, 1.82) is 0 Å². The van der Waals surface area contributed by atoms with Gasteiger partial charge in [-0.15, -0.1) is 0 Å². The minimum atomic E-state index is 0.681. The van der Waals surface area contributed by atoms with Crippen LogP contribution in [0.3, 0.4) is 0 Å². The van der Waals surface area contributed by atoms with Crippen molar-refractivity contribution in [3.63, 3.8) is 0 Å². The first-order chi connectivity index (χ1) is 11.9. The van der Waals surface area contributed by atoms with Crippen LogP contribution in [0.2, 0.25) is 0 Å². The molecule has 0 aliphatic rings. The van der Waals surface area contributed by atoms with Crippen molar-refractivity contribution in [2.75, 3.05) is 7.11 Å². The van der Waals surface area contributed by atoms with Crippen LogP contribution >= 0.6 is 0 Å². The summed E-state index contributed by atoms with van der Waals surface area (Å²) in [5.41, 5.74) is 3.41. The van der Waals surface area contributed by atoms with Crippen LogP contribution in [0.4, 0.5) is 0 Å². The quantitative estimate of drug-likeness (QED) is 0.647. The van der Waals surface area contributed by atoms with Crippen LogP contribution < -0.4 is 4.74 Å². The predicted octanol–water partition coefficient (Wildman–Crippen LogP) is 3.28. The van der Waals surface area contributed by atoms with Gasteiger partial charge in [-0.05, 0) is 36.4 Å². The molecule has 0 saturated carbocycles. The molecule has 2 aromatic heterocycles. The zero-order valence-corrected chi connectivity index (χ0v) is 13.2. The maximum absolute atomic E-state index is 5.52. The Labute approximate surface area is 141 Å². The monoisotopic (exact) mass is 310 g/mol. The fourth-order valence-corrected chi connectivity index (χ4v) is 2.10. The highest BCUT2D eigenvalue weighted by atomic mass is 16.5. The minimum absolute atomic E-state index is 0.681. The summed E-state index contributed by atoms with van der Waals surface area (Å²) in [5, 5.41) is 0. The van der Waals surface area contributed by atoms with Crippen LogP contribution in [0.15, 0.2) is 67.3 Å². The number of benzene rings is 1. The molecule has 0 unspecified atom stereocenters. The van der Waals surface area contributed by atoms with E-state index in [-0.39, 0.29) is 0 Å². The van der Waals surface area contributed by atoms with E-state index < -0.39 is 0 Å². The molecule has 3 rings (SSSR count). The van der Waals surface area contributed by atoms with E-state index in [0.29, 0.717) is 5.75 Å². The van der Waals surface area contributed by atoms with Gasteiger partial charge in [0.1, 0.15) is 5.75 Å². The first-order valence-electron chi connectivity index (χ1n) is 7.38. The van der Waals surface area contributed by atoms with E-state index in [0.717, 1.165) is 22.3 Å². The number of methoxy groups -OCH3 is 1. The summed E-state index contributed by atoms with van der Waals surface area (Å²) in [7, 11) is 1.63. The predicted molar refractivity (Wildman–Crippen MR) is 93.4 cm³/mol. The van der Waals surface area contributed by atoms with Crippen molar-refractivity contribution in [3.8, 4) is 29.4 Å². The van der Waals surface area contributed by atoms with Gasteiger partial charge in [-0.3, -0.25) is 9.97 Å². The maximum Gasteiger partial charge on any atom is 0.150 e. The molecule has 3 nitrogen and oxygen atoms in total. The molecule has 3 aromatic rings. The molecule has 2 heterocycles. The third-order valence-corrected chi connectivity index (χ3v) is 3.26. The molecule has 24 heavy (non-hydrogen) atoms. The van der Waals surface area contributed by atoms with Crippen LogP contribution in [0.1, 0.15) is 22.3 Å². The molecule has 0 spiro atoms. The molecule has 0 bridgehead atoms. The normalized spacial score (nSPS) is 9.21. The van der Waals surface area contributed by atoms with Crippen LogP contribution in [0, 0.1) is 23.7 Å². The van der Waals surface area contributed by atoms with Crippen LogP contribution in [-0.2, 0) is 0 Å². The molecule has 3 heteroatoms. The summed E-state index contributed by atoms with van der Waals surface area (Å²) >= 11 is 0. The summed E-state index contributed by atoms with van der Waals surface area (Å²) in [4.78, 5) is 7.97. The van der Waals surface area contributed by atoms with Crippen LogP contribution in [0.5, 0.6) is 5.75 Å². The van der Waals surface area contributed by atoms with Gasteiger partial charge in [0.15, 0.2) is 0 Å². The van der Waals surface area contributed by atoms with Gasteiger partial charge in [0.2, 0.25) is 0 Å². The van der Waals surface area contributed by atoms with Gasteiger partial charge < -0.3 is 4.74 Å². The molecule has 114 valence electrons. The number of rotatable bonds is 1. The van der Waals surface area contributed by atoms with E-state index in [1.165, 1.54) is 0 Å². The Balaban J connectivity index is 1.96. The van der Waals surface area contributed by atoms with E-state index >= 15 is 0 Å². The molecule has 0 amide bonds. The molecule has 0 saturated heterocycles. The van der Waals surface area contributed by atoms with Crippen molar-refractivity contribution >= 4 is 0 Å². The molecular formula is C21H14N2O. The molecule has 1 aromatic carbocycles. The first kappa shape index (κ1) is 15.3. The van der Waals surface area contributed by atoms with E-state index in [2.05, 4.69) is 33.6 Å². The number of nitrogens with zero attached hydrogens (tertiary/aromatic N) is 2. The van der Waals surface area contributed by atoms with Gasteiger partial charge in [-0.25, -0.2) is 0 Å². The Morgan fingerprint density at radius 1 is 0.667 bits per heavy atom. The largest absolute Gasteiger partial charge is 0.494 e. The maximum atomic E-state index is 5.52. The fourth-order valence-electron chi connectivity index (χ4n) is 2.10. The van der Waals surface area contributed by atoms with Crippen molar-refractivity contribution in [1.82, 2.24) is 9.97 Å². The van der Waals surface area contributed by atoms with E-state index in [1.807, 2.05) is 42.5 Å². The topological polar surface area (TPSA) is 35.0 Å². The van der Waals surface area contributed by atoms with E-state index in [9.17, 15) is 0 Å². The summed E-state index contributed by atoms with van der Waals surface area (Å²) < 4.78 is 5.52. The van der Waals surface area contributed by atoms with Crippen molar-refractivity contribution in [2.45, 2.75) is 0 Å². The van der Waals surface area contributed by atoms with Crippen molar-refractivity contribution in [2.24, 2.45) is 0 Å². The number of hydrogen-bond donors (Lipinski definition) is 0. The highest BCUT2D eigenvalue weighted by Gasteiger charge is 2.05. The third kappa shape index (κ3) is 3.80. The molecule has 0 aliphatic heterocycles. The zero-order chi connectivity index (χ0) is 16.6. The smallest absolute Gasteiger partial charge is 0.150 e. The highest BCUT2D eigenvalue weighted by molar-refractivity contribution is 5.58. The van der Waals surface area contributed by atoms with Gasteiger partial charge in [0, 0.05) is 35.9 Å². The Hall–Kier alpha value is -3.56. The standard InChI is InChI=1S/C21H14N2O/c1-24-21-19(7-5-17-9-13-22-14-10-17)3-2-4-20(21)8-6-18-11-15-23-16-12-18/h2-4,9-16H,1H3. The number of hydrogen-bond acceptors (Lipinski definition) is 3. The minimum Gasteiger partial charge on any atom is -0.494 e. The Bertz CT molecular complexity index is 867. The molecular weight excluding hydrogens is 296 g/mol. The van der Waals surface area contributed by atoms with Crippen LogP contribution in [-0.4, -0.2) is 17.1 Å². The summed E-state index contributed by atoms with van der Waals surface area (Å²) in [5.74, 6) is 13.2. The second-order valence-corrected chi connectivity index (χ2v) is 4.86. The van der Waals surface area contributed by atoms with Crippen LogP contribution in [0.25, 0.3) is 0 Å². The Kier molecular flexibility index (Phi) is 4.87. The van der Waals surface area contributed by atoms with Gasteiger partial charge in [0.05, 0.1) is 18.2 Å². The SMILES string of the molecule is COc1c(C#Cc2ccncc2)cccc1C#Cc1ccncc1. The number of para-hydroxylation sites is 1. The van der Waals surface area contributed by atoms with Gasteiger partial charge in [-0.2, -0.15) is 0 Å². The van der Waals surface area contributed by atoms with Gasteiger partial charge in [0.25, 0.3) is 0 Å². The summed E-state index contributed by atoms with van der Waals surface area (Å²) in [6.07, 6.45) is 6.88. The number of aromatic nitrogens is 2. The van der Waals surface area contributed by atoms with Gasteiger partial charge >= 0.3 is 0 Å². The second kappa shape index (κ2) is 7.63. The van der Waals surface area contributed by atoms with Crippen molar-refractivity contribution in [3.05, 3.63) is 89.5 Å². The molecule has 0 N–H and O–H groups in total. The molecule has 0 aliphatic carbocycles. The highest BCUT2D eigenvalue weighted by Crippen LogP contribution is 2.22. The van der Waals surface area contributed by atoms with E-state index in [1.54, 1.807) is 31.9 Å².